The number of aromatic nitrogens is 1. The van der Waals surface area contributed by atoms with Crippen LogP contribution >= 0.6 is 12.4 Å². The molecule has 22 heavy (non-hydrogen) atoms. The number of carbonyl (C=O) groups is 1. The summed E-state index contributed by atoms with van der Waals surface area (Å²) in [6.45, 7) is 0.574. The van der Waals surface area contributed by atoms with Crippen LogP contribution < -0.4 is 10.6 Å². The van der Waals surface area contributed by atoms with Crippen molar-refractivity contribution in [2.24, 2.45) is 5.73 Å². The zero-order valence-corrected chi connectivity index (χ0v) is 12.4. The smallest absolute Gasteiger partial charge is 0.343 e. The molecule has 2 aromatic rings. The lowest BCUT2D eigenvalue weighted by Gasteiger charge is -2.14. The van der Waals surface area contributed by atoms with Crippen molar-refractivity contribution >= 4 is 24.2 Å². The molecule has 118 valence electrons. The molecule has 1 fully saturated rings. The van der Waals surface area contributed by atoms with E-state index in [4.69, 9.17) is 10.3 Å². The summed E-state index contributed by atoms with van der Waals surface area (Å²) in [7, 11) is 0. The van der Waals surface area contributed by atoms with Crippen LogP contribution in [0.1, 0.15) is 10.4 Å². The van der Waals surface area contributed by atoms with E-state index in [-0.39, 0.29) is 36.1 Å². The summed E-state index contributed by atoms with van der Waals surface area (Å²) in [6.07, 6.45) is -0.705. The first-order valence-electron chi connectivity index (χ1n) is 6.55. The highest BCUT2D eigenvalue weighted by atomic mass is 35.5. The van der Waals surface area contributed by atoms with E-state index in [1.54, 1.807) is 29.2 Å². The van der Waals surface area contributed by atoms with Crippen molar-refractivity contribution in [3.8, 4) is 11.3 Å². The first-order chi connectivity index (χ1) is 10.1. The minimum Gasteiger partial charge on any atom is -0.477 e. The van der Waals surface area contributed by atoms with Crippen molar-refractivity contribution in [1.82, 2.24) is 5.16 Å². The molecule has 4 N–H and O–H groups in total. The van der Waals surface area contributed by atoms with Crippen LogP contribution in [0.5, 0.6) is 0 Å². The maximum Gasteiger partial charge on any atom is 0.343 e. The quantitative estimate of drug-likeness (QED) is 0.770. The number of anilines is 1. The van der Waals surface area contributed by atoms with Crippen molar-refractivity contribution in [3.63, 3.8) is 0 Å². The molecule has 1 aliphatic heterocycles. The Morgan fingerprint density at radius 2 is 2.00 bits per heavy atom. The van der Waals surface area contributed by atoms with E-state index in [0.29, 0.717) is 12.1 Å². The summed E-state index contributed by atoms with van der Waals surface area (Å²) >= 11 is 0. The van der Waals surface area contributed by atoms with Gasteiger partial charge in [0.1, 0.15) is 0 Å². The van der Waals surface area contributed by atoms with Crippen molar-refractivity contribution in [2.75, 3.05) is 18.0 Å². The van der Waals surface area contributed by atoms with Crippen molar-refractivity contribution in [3.05, 3.63) is 35.9 Å². The fourth-order valence-corrected chi connectivity index (χ4v) is 2.46. The molecule has 7 nitrogen and oxygen atoms in total. The van der Waals surface area contributed by atoms with E-state index >= 15 is 0 Å². The molecule has 1 aliphatic rings. The van der Waals surface area contributed by atoms with E-state index in [0.717, 1.165) is 0 Å². The molecule has 0 aliphatic carbocycles. The number of rotatable bonds is 3. The van der Waals surface area contributed by atoms with Crippen LogP contribution in [-0.2, 0) is 0 Å². The van der Waals surface area contributed by atoms with Gasteiger partial charge in [-0.2, -0.15) is 0 Å². The second-order valence-corrected chi connectivity index (χ2v) is 5.02. The van der Waals surface area contributed by atoms with Crippen LogP contribution in [-0.4, -0.2) is 46.6 Å². The van der Waals surface area contributed by atoms with Crippen LogP contribution in [0.3, 0.4) is 0 Å². The largest absolute Gasteiger partial charge is 0.477 e. The molecule has 0 saturated carbocycles. The number of aliphatic hydroxyl groups is 1. The maximum absolute atomic E-state index is 11.6. The van der Waals surface area contributed by atoms with Crippen LogP contribution in [0.4, 0.5) is 5.82 Å². The Hall–Kier alpha value is -2.09. The van der Waals surface area contributed by atoms with Gasteiger partial charge < -0.3 is 25.4 Å². The van der Waals surface area contributed by atoms with E-state index in [1.165, 1.54) is 0 Å². The molecule has 3 rings (SSSR count). The second-order valence-electron chi connectivity index (χ2n) is 5.02. The van der Waals surface area contributed by atoms with Gasteiger partial charge in [0, 0.05) is 24.7 Å². The predicted octanol–water partition coefficient (Wildman–Crippen LogP) is 0.970. The first-order valence-corrected chi connectivity index (χ1v) is 6.55. The van der Waals surface area contributed by atoms with Gasteiger partial charge in [0.2, 0.25) is 0 Å². The topological polar surface area (TPSA) is 113 Å². The van der Waals surface area contributed by atoms with Crippen LogP contribution in [0.2, 0.25) is 0 Å². The molecule has 2 heterocycles. The molecule has 0 bridgehead atoms. The number of hydrogen-bond donors (Lipinski definition) is 3. The van der Waals surface area contributed by atoms with Gasteiger partial charge in [-0.25, -0.2) is 4.79 Å². The fraction of sp³-hybridized carbons (Fsp3) is 0.286. The summed E-state index contributed by atoms with van der Waals surface area (Å²) in [5.41, 5.74) is 6.38. The summed E-state index contributed by atoms with van der Waals surface area (Å²) in [5, 5.41) is 23.0. The lowest BCUT2D eigenvalue weighted by molar-refractivity contribution is 0.0697. The highest BCUT2D eigenvalue weighted by molar-refractivity contribution is 5.99. The molecule has 8 heteroatoms. The van der Waals surface area contributed by atoms with Crippen LogP contribution in [0, 0.1) is 0 Å². The normalized spacial score (nSPS) is 20.7. The molecule has 0 radical (unpaired) electrons. The Balaban J connectivity index is 0.00000176. The maximum atomic E-state index is 11.6. The number of aromatic carboxylic acids is 1. The number of benzene rings is 1. The molecular weight excluding hydrogens is 310 g/mol. The Morgan fingerprint density at radius 3 is 2.55 bits per heavy atom. The minimum absolute atomic E-state index is 0. The second kappa shape index (κ2) is 6.35. The third-order valence-electron chi connectivity index (χ3n) is 3.56. The average Bonchev–Trinajstić information content (AvgIpc) is 3.04. The van der Waals surface area contributed by atoms with Crippen LogP contribution in [0.25, 0.3) is 11.3 Å². The van der Waals surface area contributed by atoms with Gasteiger partial charge in [0.05, 0.1) is 6.10 Å². The van der Waals surface area contributed by atoms with Gasteiger partial charge in [-0.1, -0.05) is 35.5 Å². The third-order valence-corrected chi connectivity index (χ3v) is 3.56. The Kier molecular flexibility index (Phi) is 4.70. The van der Waals surface area contributed by atoms with Gasteiger partial charge >= 0.3 is 5.97 Å². The van der Waals surface area contributed by atoms with E-state index < -0.39 is 18.1 Å². The van der Waals surface area contributed by atoms with Gasteiger partial charge in [-0.15, -0.1) is 12.4 Å². The SMILES string of the molecule is Cl.N[C@@H]1CN(c2noc(-c3ccccc3)c2C(=O)O)C[C@H]1O. The van der Waals surface area contributed by atoms with Gasteiger partial charge in [-0.3, -0.25) is 0 Å². The molecule has 1 saturated heterocycles. The molecule has 1 aromatic carbocycles. The minimum atomic E-state index is -1.12. The van der Waals surface area contributed by atoms with Gasteiger partial charge in [0.25, 0.3) is 0 Å². The monoisotopic (exact) mass is 325 g/mol. The molecule has 2 atom stereocenters. The molecule has 0 unspecified atom stereocenters. The zero-order valence-electron chi connectivity index (χ0n) is 11.5. The number of carboxylic acid groups (broad SMARTS) is 1. The number of carboxylic acids is 1. The summed E-state index contributed by atoms with van der Waals surface area (Å²) in [5.74, 6) is -0.721. The molecular formula is C14H16ClN3O4. The molecule has 1 aromatic heterocycles. The Labute approximate surface area is 132 Å². The summed E-state index contributed by atoms with van der Waals surface area (Å²) in [4.78, 5) is 13.2. The van der Waals surface area contributed by atoms with E-state index in [9.17, 15) is 15.0 Å². The molecule has 0 spiro atoms. The number of nitrogens with two attached hydrogens (primary N) is 1. The van der Waals surface area contributed by atoms with Gasteiger partial charge in [-0.05, 0) is 0 Å². The highest BCUT2D eigenvalue weighted by Gasteiger charge is 2.34. The third kappa shape index (κ3) is 2.78. The number of β-amino-alcohol motifs (C(OH)–C–C–N with tert-alkyl or cyclic N) is 1. The van der Waals surface area contributed by atoms with E-state index in [2.05, 4.69) is 5.16 Å². The average molecular weight is 326 g/mol. The number of halogens is 1. The number of nitrogens with zero attached hydrogens (tertiary/aromatic N) is 2. The number of hydrogen-bond acceptors (Lipinski definition) is 6. The number of aliphatic hydroxyl groups excluding tert-OH is 1. The van der Waals surface area contributed by atoms with Crippen molar-refractivity contribution < 1.29 is 19.5 Å². The zero-order chi connectivity index (χ0) is 15.0. The Bertz CT molecular complexity index is 651. The summed E-state index contributed by atoms with van der Waals surface area (Å²) < 4.78 is 5.23. The fourth-order valence-electron chi connectivity index (χ4n) is 2.46. The van der Waals surface area contributed by atoms with E-state index in [1.807, 2.05) is 6.07 Å². The first kappa shape index (κ1) is 16.3. The molecule has 0 amide bonds. The standard InChI is InChI=1S/C14H15N3O4.ClH/c15-9-6-17(7-10(9)18)13-11(14(19)20)12(21-16-13)8-4-2-1-3-5-8;/h1-5,9-10,18H,6-7,15H2,(H,19,20);1H/t9-,10-;/m1./s1. The van der Waals surface area contributed by atoms with Crippen molar-refractivity contribution in [2.45, 2.75) is 12.1 Å². The lowest BCUT2D eigenvalue weighted by atomic mass is 10.1. The lowest BCUT2D eigenvalue weighted by Crippen LogP contribution is -2.32. The van der Waals surface area contributed by atoms with Gasteiger partial charge in [0.15, 0.2) is 17.1 Å². The highest BCUT2D eigenvalue weighted by Crippen LogP contribution is 2.32. The summed E-state index contributed by atoms with van der Waals surface area (Å²) in [6, 6.07) is 8.49. The Morgan fingerprint density at radius 1 is 1.32 bits per heavy atom. The van der Waals surface area contributed by atoms with Crippen LogP contribution in [0.15, 0.2) is 34.9 Å². The van der Waals surface area contributed by atoms with Crippen molar-refractivity contribution in [1.29, 1.82) is 0 Å². The predicted molar refractivity (Wildman–Crippen MR) is 82.3 cm³/mol.